The number of halogens is 1. The Balaban J connectivity index is 1.65. The first-order valence-electron chi connectivity index (χ1n) is 7.43. The monoisotopic (exact) mass is 361 g/mol. The summed E-state index contributed by atoms with van der Waals surface area (Å²) in [7, 11) is 0. The Kier molecular flexibility index (Phi) is 5.01. The number of hydrogen-bond acceptors (Lipinski definition) is 5. The Morgan fingerprint density at radius 2 is 1.96 bits per heavy atom. The summed E-state index contributed by atoms with van der Waals surface area (Å²) in [6, 6.07) is 10.7. The average Bonchev–Trinajstić information content (AvgIpc) is 2.98. The van der Waals surface area contributed by atoms with Crippen LogP contribution in [0.1, 0.15) is 25.6 Å². The lowest BCUT2D eigenvalue weighted by atomic mass is 10.2. The molecule has 0 spiro atoms. The zero-order valence-electron chi connectivity index (χ0n) is 13.2. The quantitative estimate of drug-likeness (QED) is 0.702. The van der Waals surface area contributed by atoms with E-state index in [4.69, 9.17) is 11.6 Å². The first-order valence-corrected chi connectivity index (χ1v) is 8.80. The normalized spacial score (nSPS) is 11.2. The fourth-order valence-corrected chi connectivity index (χ4v) is 2.88. The SMILES string of the molecule is CC(C)c1nnc2ccc(SCC(=O)Nc3ccc(Cl)cc3)nn12. The summed E-state index contributed by atoms with van der Waals surface area (Å²) in [5.41, 5.74) is 1.42. The van der Waals surface area contributed by atoms with Crippen LogP contribution in [0.2, 0.25) is 5.02 Å². The summed E-state index contributed by atoms with van der Waals surface area (Å²) in [5, 5.41) is 16.9. The van der Waals surface area contributed by atoms with Crippen molar-refractivity contribution in [1.82, 2.24) is 19.8 Å². The van der Waals surface area contributed by atoms with Gasteiger partial charge in [-0.15, -0.1) is 10.2 Å². The van der Waals surface area contributed by atoms with Crippen molar-refractivity contribution in [2.45, 2.75) is 24.8 Å². The van der Waals surface area contributed by atoms with E-state index in [9.17, 15) is 4.79 Å². The highest BCUT2D eigenvalue weighted by atomic mass is 35.5. The van der Waals surface area contributed by atoms with Crippen LogP contribution >= 0.6 is 23.4 Å². The van der Waals surface area contributed by atoms with Crippen molar-refractivity contribution in [3.05, 3.63) is 47.2 Å². The summed E-state index contributed by atoms with van der Waals surface area (Å²) in [5.74, 6) is 1.19. The van der Waals surface area contributed by atoms with E-state index >= 15 is 0 Å². The summed E-state index contributed by atoms with van der Waals surface area (Å²) in [6.07, 6.45) is 0. The van der Waals surface area contributed by atoms with Gasteiger partial charge in [-0.3, -0.25) is 4.79 Å². The molecular weight excluding hydrogens is 346 g/mol. The maximum absolute atomic E-state index is 12.0. The predicted octanol–water partition coefficient (Wildman–Crippen LogP) is 3.63. The van der Waals surface area contributed by atoms with E-state index in [0.717, 1.165) is 10.9 Å². The van der Waals surface area contributed by atoms with Crippen molar-refractivity contribution < 1.29 is 4.79 Å². The van der Waals surface area contributed by atoms with Gasteiger partial charge in [0.2, 0.25) is 5.91 Å². The molecule has 8 heteroatoms. The van der Waals surface area contributed by atoms with Gasteiger partial charge in [0.25, 0.3) is 0 Å². The lowest BCUT2D eigenvalue weighted by Gasteiger charge is -2.06. The second kappa shape index (κ2) is 7.19. The van der Waals surface area contributed by atoms with Crippen molar-refractivity contribution in [1.29, 1.82) is 0 Å². The summed E-state index contributed by atoms with van der Waals surface area (Å²) >= 11 is 7.19. The number of thioether (sulfide) groups is 1. The van der Waals surface area contributed by atoms with Gasteiger partial charge in [0.15, 0.2) is 11.5 Å². The van der Waals surface area contributed by atoms with Crippen LogP contribution in [0, 0.1) is 0 Å². The van der Waals surface area contributed by atoms with Crippen LogP contribution in [-0.4, -0.2) is 31.5 Å². The van der Waals surface area contributed by atoms with E-state index in [2.05, 4.69) is 20.6 Å². The van der Waals surface area contributed by atoms with Gasteiger partial charge < -0.3 is 5.32 Å². The maximum atomic E-state index is 12.0. The van der Waals surface area contributed by atoms with Crippen molar-refractivity contribution in [2.75, 3.05) is 11.1 Å². The maximum Gasteiger partial charge on any atom is 0.234 e. The smallest absolute Gasteiger partial charge is 0.234 e. The van der Waals surface area contributed by atoms with E-state index in [1.165, 1.54) is 11.8 Å². The third-order valence-electron chi connectivity index (χ3n) is 3.26. The first-order chi connectivity index (χ1) is 11.5. The Bertz CT molecular complexity index is 863. The largest absolute Gasteiger partial charge is 0.325 e. The second-order valence-electron chi connectivity index (χ2n) is 5.50. The Morgan fingerprint density at radius 3 is 2.67 bits per heavy atom. The number of benzene rings is 1. The summed E-state index contributed by atoms with van der Waals surface area (Å²) in [4.78, 5) is 12.0. The number of rotatable bonds is 5. The van der Waals surface area contributed by atoms with Crippen LogP contribution in [0.5, 0.6) is 0 Å². The molecule has 0 atom stereocenters. The molecule has 6 nitrogen and oxygen atoms in total. The summed E-state index contributed by atoms with van der Waals surface area (Å²) < 4.78 is 1.73. The number of nitrogens with zero attached hydrogens (tertiary/aromatic N) is 4. The highest BCUT2D eigenvalue weighted by Gasteiger charge is 2.12. The zero-order valence-corrected chi connectivity index (χ0v) is 14.8. The Morgan fingerprint density at radius 1 is 1.21 bits per heavy atom. The number of anilines is 1. The van der Waals surface area contributed by atoms with Gasteiger partial charge in [0, 0.05) is 16.6 Å². The molecule has 0 unspecified atom stereocenters. The molecule has 0 aliphatic rings. The number of hydrogen-bond donors (Lipinski definition) is 1. The van der Waals surface area contributed by atoms with Gasteiger partial charge >= 0.3 is 0 Å². The van der Waals surface area contributed by atoms with Crippen LogP contribution in [0.3, 0.4) is 0 Å². The highest BCUT2D eigenvalue weighted by Crippen LogP contribution is 2.19. The Labute approximate surface area is 148 Å². The van der Waals surface area contributed by atoms with E-state index in [-0.39, 0.29) is 17.6 Å². The minimum Gasteiger partial charge on any atom is -0.325 e. The fourth-order valence-electron chi connectivity index (χ4n) is 2.10. The van der Waals surface area contributed by atoms with Gasteiger partial charge in [-0.25, -0.2) is 0 Å². The predicted molar refractivity (Wildman–Crippen MR) is 95.7 cm³/mol. The number of fused-ring (bicyclic) bond motifs is 1. The molecule has 1 aromatic carbocycles. The van der Waals surface area contributed by atoms with Crippen LogP contribution in [0.25, 0.3) is 5.65 Å². The zero-order chi connectivity index (χ0) is 17.1. The topological polar surface area (TPSA) is 72.2 Å². The van der Waals surface area contributed by atoms with E-state index in [1.807, 2.05) is 26.0 Å². The molecule has 0 aliphatic carbocycles. The van der Waals surface area contributed by atoms with Crippen LogP contribution < -0.4 is 5.32 Å². The third-order valence-corrected chi connectivity index (χ3v) is 4.43. The molecule has 124 valence electrons. The molecule has 0 saturated carbocycles. The van der Waals surface area contributed by atoms with Crippen molar-refractivity contribution in [3.8, 4) is 0 Å². The Hall–Kier alpha value is -2.12. The lowest BCUT2D eigenvalue weighted by Crippen LogP contribution is -2.14. The molecule has 3 aromatic rings. The number of carbonyl (C=O) groups is 1. The van der Waals surface area contributed by atoms with Crippen molar-refractivity contribution >= 4 is 40.6 Å². The molecule has 24 heavy (non-hydrogen) atoms. The lowest BCUT2D eigenvalue weighted by molar-refractivity contribution is -0.113. The van der Waals surface area contributed by atoms with Gasteiger partial charge in [-0.2, -0.15) is 9.61 Å². The molecule has 0 fully saturated rings. The van der Waals surface area contributed by atoms with Gasteiger partial charge in [0.05, 0.1) is 5.75 Å². The minimum atomic E-state index is -0.0999. The van der Waals surface area contributed by atoms with Crippen molar-refractivity contribution in [3.63, 3.8) is 0 Å². The molecule has 0 radical (unpaired) electrons. The molecule has 3 rings (SSSR count). The number of carbonyl (C=O) groups excluding carboxylic acids is 1. The molecular formula is C16H16ClN5OS. The second-order valence-corrected chi connectivity index (χ2v) is 6.93. The first kappa shape index (κ1) is 16.7. The van der Waals surface area contributed by atoms with Gasteiger partial charge in [0.1, 0.15) is 5.03 Å². The third kappa shape index (κ3) is 3.85. The molecule has 2 aromatic heterocycles. The molecule has 0 bridgehead atoms. The van der Waals surface area contributed by atoms with Crippen molar-refractivity contribution in [2.24, 2.45) is 0 Å². The number of nitrogens with one attached hydrogen (secondary N) is 1. The van der Waals surface area contributed by atoms with E-state index < -0.39 is 0 Å². The van der Waals surface area contributed by atoms with E-state index in [0.29, 0.717) is 16.4 Å². The molecule has 0 saturated heterocycles. The number of aromatic nitrogens is 4. The van der Waals surface area contributed by atoms with E-state index in [1.54, 1.807) is 28.8 Å². The molecule has 0 aliphatic heterocycles. The average molecular weight is 362 g/mol. The highest BCUT2D eigenvalue weighted by molar-refractivity contribution is 7.99. The molecule has 1 amide bonds. The fraction of sp³-hybridized carbons (Fsp3) is 0.250. The minimum absolute atomic E-state index is 0.0999. The van der Waals surface area contributed by atoms with Gasteiger partial charge in [-0.05, 0) is 36.4 Å². The van der Waals surface area contributed by atoms with Crippen LogP contribution in [-0.2, 0) is 4.79 Å². The van der Waals surface area contributed by atoms with Gasteiger partial charge in [-0.1, -0.05) is 37.2 Å². The number of amides is 1. The molecule has 1 N–H and O–H groups in total. The molecule has 2 heterocycles. The van der Waals surface area contributed by atoms with Crippen LogP contribution in [0.15, 0.2) is 41.4 Å². The van der Waals surface area contributed by atoms with Crippen LogP contribution in [0.4, 0.5) is 5.69 Å². The standard InChI is InChI=1S/C16H16ClN5OS/c1-10(2)16-20-19-13-7-8-15(21-22(13)16)24-9-14(23)18-12-5-3-11(17)4-6-12/h3-8,10H,9H2,1-2H3,(H,18,23). The summed E-state index contributed by atoms with van der Waals surface area (Å²) in [6.45, 7) is 4.08.